The van der Waals surface area contributed by atoms with Crippen LogP contribution >= 0.6 is 0 Å². The summed E-state index contributed by atoms with van der Waals surface area (Å²) < 4.78 is 63.6. The number of nitrogens with one attached hydrogen (secondary N) is 2. The van der Waals surface area contributed by atoms with E-state index in [2.05, 4.69) is 15.8 Å². The molecule has 2 aromatic rings. The summed E-state index contributed by atoms with van der Waals surface area (Å²) in [7, 11) is -3.65. The Bertz CT molecular complexity index is 1260. The number of benzene rings is 1. The highest BCUT2D eigenvalue weighted by Gasteiger charge is 2.49. The molecular weight excluding hydrogens is 516 g/mol. The number of carbonyl (C=O) groups excluding carboxylic acids is 1. The first kappa shape index (κ1) is 25.8. The number of hydrogen-bond donors (Lipinski definition) is 2. The zero-order valence-corrected chi connectivity index (χ0v) is 21.9. The average Bonchev–Trinajstić information content (AvgIpc) is 3.55. The number of fused-ring (bicyclic) bond motifs is 2. The molecule has 3 aliphatic heterocycles. The second-order valence-corrected chi connectivity index (χ2v) is 12.8. The molecule has 2 bridgehead atoms. The van der Waals surface area contributed by atoms with Crippen molar-refractivity contribution < 1.29 is 26.5 Å². The average molecular weight is 550 g/mol. The molecule has 4 aliphatic rings. The van der Waals surface area contributed by atoms with E-state index in [0.717, 1.165) is 31.4 Å². The van der Waals surface area contributed by atoms with Crippen molar-refractivity contribution >= 4 is 16.1 Å². The molecule has 4 heterocycles. The lowest BCUT2D eigenvalue weighted by Crippen LogP contribution is -2.57. The van der Waals surface area contributed by atoms with Crippen LogP contribution in [-0.2, 0) is 16.8 Å². The summed E-state index contributed by atoms with van der Waals surface area (Å²) in [6.45, 7) is 0.770. The van der Waals surface area contributed by atoms with Crippen molar-refractivity contribution in [1.82, 2.24) is 24.4 Å². The summed E-state index contributed by atoms with van der Waals surface area (Å²) in [6, 6.07) is 5.09. The van der Waals surface area contributed by atoms with Crippen LogP contribution in [0.15, 0.2) is 28.8 Å². The van der Waals surface area contributed by atoms with Gasteiger partial charge in [-0.1, -0.05) is 11.2 Å². The van der Waals surface area contributed by atoms with Gasteiger partial charge in [-0.3, -0.25) is 4.79 Å². The van der Waals surface area contributed by atoms with E-state index in [4.69, 9.17) is 4.52 Å². The molecule has 1 aromatic carbocycles. The van der Waals surface area contributed by atoms with Crippen molar-refractivity contribution in [3.05, 3.63) is 52.9 Å². The molecule has 1 aromatic heterocycles. The van der Waals surface area contributed by atoms with Crippen LogP contribution in [0.25, 0.3) is 0 Å². The molecule has 0 radical (unpaired) electrons. The van der Waals surface area contributed by atoms with Gasteiger partial charge in [0.1, 0.15) is 17.4 Å². The molecule has 2 N–H and O–H groups in total. The number of halogens is 2. The monoisotopic (exact) mass is 549 g/mol. The largest absolute Gasteiger partial charge is 0.360 e. The predicted octanol–water partition coefficient (Wildman–Crippen LogP) is 3.05. The highest BCUT2D eigenvalue weighted by atomic mass is 32.2. The van der Waals surface area contributed by atoms with Crippen LogP contribution in [0.4, 0.5) is 8.78 Å². The highest BCUT2D eigenvalue weighted by molar-refractivity contribution is 7.86. The minimum atomic E-state index is -3.65. The summed E-state index contributed by atoms with van der Waals surface area (Å²) in [5.41, 5.74) is 0.282. The SMILES string of the molecule is O=C(NC1C[C@H]2CC[C@@H](C1)N2S(=O)(=O)N1CCC(NCc2c(F)cccc2F)CC1)c1cc(C2CC2)on1. The summed E-state index contributed by atoms with van der Waals surface area (Å²) in [5, 5.41) is 10.1. The highest BCUT2D eigenvalue weighted by Crippen LogP contribution is 2.41. The van der Waals surface area contributed by atoms with Crippen molar-refractivity contribution in [1.29, 1.82) is 0 Å². The van der Waals surface area contributed by atoms with Crippen LogP contribution < -0.4 is 10.6 Å². The van der Waals surface area contributed by atoms with E-state index >= 15 is 0 Å². The second kappa shape index (κ2) is 10.3. The van der Waals surface area contributed by atoms with E-state index in [0.29, 0.717) is 44.7 Å². The Kier molecular flexibility index (Phi) is 7.00. The fourth-order valence-electron chi connectivity index (χ4n) is 6.22. The van der Waals surface area contributed by atoms with E-state index in [1.165, 1.54) is 22.5 Å². The molecule has 0 spiro atoms. The minimum absolute atomic E-state index is 0.000920. The third-order valence-corrected chi connectivity index (χ3v) is 10.6. The molecule has 6 rings (SSSR count). The summed E-state index contributed by atoms with van der Waals surface area (Å²) in [4.78, 5) is 12.7. The van der Waals surface area contributed by atoms with E-state index in [9.17, 15) is 22.0 Å². The van der Waals surface area contributed by atoms with Gasteiger partial charge in [-0.25, -0.2) is 8.78 Å². The first-order chi connectivity index (χ1) is 18.3. The molecule has 1 unspecified atom stereocenters. The molecule has 9 nitrogen and oxygen atoms in total. The fourth-order valence-corrected chi connectivity index (χ4v) is 8.29. The maximum atomic E-state index is 13.9. The molecule has 3 atom stereocenters. The number of aromatic nitrogens is 1. The third-order valence-electron chi connectivity index (χ3n) is 8.42. The summed E-state index contributed by atoms with van der Waals surface area (Å²) in [5.74, 6) is -0.307. The molecular formula is C26H33F2N5O4S. The second-order valence-electron chi connectivity index (χ2n) is 11.0. The third kappa shape index (κ3) is 5.11. The smallest absolute Gasteiger partial charge is 0.282 e. The van der Waals surface area contributed by atoms with Gasteiger partial charge in [0.25, 0.3) is 16.1 Å². The first-order valence-electron chi connectivity index (χ1n) is 13.5. The number of nitrogens with zero attached hydrogens (tertiary/aromatic N) is 3. The van der Waals surface area contributed by atoms with Gasteiger partial charge >= 0.3 is 0 Å². The maximum Gasteiger partial charge on any atom is 0.282 e. The standard InChI is InChI=1S/C26H33F2N5O4S/c27-22-2-1-3-23(28)21(22)15-29-17-8-10-32(11-9-17)38(35,36)33-19-6-7-20(33)13-18(12-19)30-26(34)24-14-25(37-31-24)16-4-5-16/h1-3,14,16-20,29H,4-13,15H2,(H,30,34)/t18?,19-,20+. The molecule has 1 saturated carbocycles. The van der Waals surface area contributed by atoms with Gasteiger partial charge < -0.3 is 15.2 Å². The first-order valence-corrected chi connectivity index (χ1v) is 14.9. The Morgan fingerprint density at radius 3 is 2.29 bits per heavy atom. The number of rotatable bonds is 8. The van der Waals surface area contributed by atoms with Crippen molar-refractivity contribution in [3.63, 3.8) is 0 Å². The van der Waals surface area contributed by atoms with Gasteiger partial charge in [-0.2, -0.15) is 17.0 Å². The Morgan fingerprint density at radius 1 is 1.00 bits per heavy atom. The topological polar surface area (TPSA) is 108 Å². The lowest BCUT2D eigenvalue weighted by Gasteiger charge is -2.42. The quantitative estimate of drug-likeness (QED) is 0.524. The molecule has 38 heavy (non-hydrogen) atoms. The normalized spacial score (nSPS) is 27.1. The molecule has 1 aliphatic carbocycles. The summed E-state index contributed by atoms with van der Waals surface area (Å²) >= 11 is 0. The van der Waals surface area contributed by atoms with Crippen LogP contribution in [0.2, 0.25) is 0 Å². The number of carbonyl (C=O) groups is 1. The van der Waals surface area contributed by atoms with E-state index in [1.54, 1.807) is 10.4 Å². The van der Waals surface area contributed by atoms with Gasteiger partial charge in [-0.05, 0) is 63.5 Å². The molecule has 12 heteroatoms. The van der Waals surface area contributed by atoms with Crippen LogP contribution in [0, 0.1) is 11.6 Å². The van der Waals surface area contributed by atoms with Crippen LogP contribution in [0.5, 0.6) is 0 Å². The molecule has 3 saturated heterocycles. The van der Waals surface area contributed by atoms with Crippen LogP contribution in [0.1, 0.15) is 79.1 Å². The Labute approximate surface area is 221 Å². The van der Waals surface area contributed by atoms with Gasteiger partial charge in [0.2, 0.25) is 0 Å². The van der Waals surface area contributed by atoms with Gasteiger partial charge in [0, 0.05) is 61.3 Å². The fraction of sp³-hybridized carbons (Fsp3) is 0.615. The zero-order valence-electron chi connectivity index (χ0n) is 21.1. The van der Waals surface area contributed by atoms with Crippen LogP contribution in [0.3, 0.4) is 0 Å². The lowest BCUT2D eigenvalue weighted by atomic mass is 9.99. The van der Waals surface area contributed by atoms with Gasteiger partial charge in [0.15, 0.2) is 5.69 Å². The van der Waals surface area contributed by atoms with E-state index in [-0.39, 0.29) is 47.9 Å². The number of piperidine rings is 2. The Hall–Kier alpha value is -2.41. The van der Waals surface area contributed by atoms with Gasteiger partial charge in [-0.15, -0.1) is 0 Å². The van der Waals surface area contributed by atoms with Crippen molar-refractivity contribution in [3.8, 4) is 0 Å². The van der Waals surface area contributed by atoms with Crippen LogP contribution in [-0.4, -0.2) is 65.3 Å². The van der Waals surface area contributed by atoms with Crippen molar-refractivity contribution in [2.45, 2.75) is 88.0 Å². The lowest BCUT2D eigenvalue weighted by molar-refractivity contribution is 0.0897. The maximum absolute atomic E-state index is 13.9. The molecule has 206 valence electrons. The number of hydrogen-bond acceptors (Lipinski definition) is 6. The van der Waals surface area contributed by atoms with E-state index in [1.807, 2.05) is 0 Å². The zero-order chi connectivity index (χ0) is 26.4. The summed E-state index contributed by atoms with van der Waals surface area (Å²) in [6.07, 6.45) is 5.96. The number of amides is 1. The van der Waals surface area contributed by atoms with Gasteiger partial charge in [0.05, 0.1) is 0 Å². The molecule has 1 amide bonds. The Balaban J connectivity index is 1.02. The Morgan fingerprint density at radius 2 is 1.66 bits per heavy atom. The van der Waals surface area contributed by atoms with Crippen molar-refractivity contribution in [2.24, 2.45) is 0 Å². The van der Waals surface area contributed by atoms with Crippen molar-refractivity contribution in [2.75, 3.05) is 13.1 Å². The van der Waals surface area contributed by atoms with E-state index < -0.39 is 21.8 Å². The molecule has 4 fully saturated rings. The predicted molar refractivity (Wildman–Crippen MR) is 134 cm³/mol. The minimum Gasteiger partial charge on any atom is -0.360 e.